The molecule has 2 N–H and O–H groups in total. The molecule has 0 bridgehead atoms. The molecule has 2 amide bonds. The first-order valence-electron chi connectivity index (χ1n) is 16.1. The Labute approximate surface area is 285 Å². The second-order valence-electron chi connectivity index (χ2n) is 12.8. The third-order valence-corrected chi connectivity index (χ3v) is 11.8. The van der Waals surface area contributed by atoms with Crippen molar-refractivity contribution in [2.45, 2.75) is 50.2 Å². The van der Waals surface area contributed by atoms with Crippen LogP contribution in [-0.2, 0) is 11.2 Å². The fourth-order valence-electron chi connectivity index (χ4n) is 7.34. The van der Waals surface area contributed by atoms with Gasteiger partial charge in [-0.2, -0.15) is 0 Å². The first-order valence-corrected chi connectivity index (χ1v) is 17.7. The first-order chi connectivity index (χ1) is 22.2. The van der Waals surface area contributed by atoms with Gasteiger partial charge in [-0.05, 0) is 102 Å². The third kappa shape index (κ3) is 7.27. The number of aromatic amines is 1. The zero-order valence-electron chi connectivity index (χ0n) is 26.0. The molecule has 2 aromatic carbocycles. The summed E-state index contributed by atoms with van der Waals surface area (Å²) >= 11 is 7.13. The molecule has 3 fully saturated rings. The molecular formula is C33H41Br2N7O4. The summed E-state index contributed by atoms with van der Waals surface area (Å²) in [5.41, 5.74) is 1.40. The number of aromatic nitrogens is 3. The van der Waals surface area contributed by atoms with Gasteiger partial charge in [0, 0.05) is 59.3 Å². The van der Waals surface area contributed by atoms with E-state index in [4.69, 9.17) is 0 Å². The van der Waals surface area contributed by atoms with Crippen molar-refractivity contribution in [1.29, 1.82) is 0 Å². The first kappa shape index (κ1) is 32.9. The van der Waals surface area contributed by atoms with E-state index in [-0.39, 0.29) is 24.2 Å². The Bertz CT molecular complexity index is 1580. The summed E-state index contributed by atoms with van der Waals surface area (Å²) in [6.07, 6.45) is 2.36. The number of piperazine rings is 1. The van der Waals surface area contributed by atoms with Crippen LogP contribution in [0.1, 0.15) is 37.3 Å². The lowest BCUT2D eigenvalue weighted by atomic mass is 9.83. The fourth-order valence-corrected chi connectivity index (χ4v) is 8.01. The molecular weight excluding hydrogens is 718 g/mol. The summed E-state index contributed by atoms with van der Waals surface area (Å²) in [7, 11) is 2.16. The number of piperidine rings is 2. The van der Waals surface area contributed by atoms with Crippen LogP contribution in [0.15, 0.2) is 62.3 Å². The van der Waals surface area contributed by atoms with E-state index in [1.165, 1.54) is 9.58 Å². The summed E-state index contributed by atoms with van der Waals surface area (Å²) in [6, 6.07) is 14.9. The number of hydrogen-bond donors (Lipinski definition) is 2. The zero-order chi connectivity index (χ0) is 32.4. The van der Waals surface area contributed by atoms with Gasteiger partial charge in [0.15, 0.2) is 5.82 Å². The molecule has 46 heavy (non-hydrogen) atoms. The van der Waals surface area contributed by atoms with Crippen LogP contribution >= 0.6 is 31.9 Å². The predicted octanol–water partition coefficient (Wildman–Crippen LogP) is 4.54. The highest BCUT2D eigenvalue weighted by Gasteiger charge is 2.43. The lowest BCUT2D eigenvalue weighted by molar-refractivity contribution is -0.140. The van der Waals surface area contributed by atoms with Gasteiger partial charge in [0.25, 0.3) is 0 Å². The molecule has 3 atom stereocenters. The van der Waals surface area contributed by atoms with Crippen LogP contribution in [-0.4, -0.2) is 116 Å². The molecule has 1 aromatic heterocycles. The Balaban J connectivity index is 1.26. The molecule has 0 aliphatic carbocycles. The molecule has 2 unspecified atom stereocenters. The molecule has 0 spiro atoms. The number of nitrogens with zero attached hydrogens (tertiary/aromatic N) is 6. The van der Waals surface area contributed by atoms with Crippen LogP contribution in [0.4, 0.5) is 4.79 Å². The monoisotopic (exact) mass is 757 g/mol. The van der Waals surface area contributed by atoms with E-state index in [9.17, 15) is 19.5 Å². The van der Waals surface area contributed by atoms with Gasteiger partial charge in [-0.3, -0.25) is 14.7 Å². The quantitative estimate of drug-likeness (QED) is 0.364. The molecule has 6 rings (SSSR count). The summed E-state index contributed by atoms with van der Waals surface area (Å²) in [6.45, 7) is 5.27. The molecule has 0 radical (unpaired) electrons. The maximum absolute atomic E-state index is 14.5. The Hall–Kier alpha value is -3.00. The minimum absolute atomic E-state index is 0.0293. The van der Waals surface area contributed by atoms with Crippen LogP contribution in [0, 0.1) is 5.92 Å². The van der Waals surface area contributed by atoms with Crippen molar-refractivity contribution in [2.75, 3.05) is 52.9 Å². The SMILES string of the molecule is CN1CCC(N2CCN(C(=O)C(Cc3ccc(Br)c(Br)c3)[C@H]3CC(n4nc(-c5ccccc5)[nH]c4=O)CCN3C(=O)O)CC2)CC1. The van der Waals surface area contributed by atoms with Gasteiger partial charge in [-0.1, -0.05) is 36.4 Å². The van der Waals surface area contributed by atoms with Crippen molar-refractivity contribution in [2.24, 2.45) is 5.92 Å². The summed E-state index contributed by atoms with van der Waals surface area (Å²) in [4.78, 5) is 51.4. The maximum Gasteiger partial charge on any atom is 0.407 e. The Morgan fingerprint density at radius 2 is 1.63 bits per heavy atom. The van der Waals surface area contributed by atoms with Crippen molar-refractivity contribution < 1.29 is 14.7 Å². The highest BCUT2D eigenvalue weighted by molar-refractivity contribution is 9.13. The highest BCUT2D eigenvalue weighted by Crippen LogP contribution is 2.34. The number of rotatable bonds is 7. The van der Waals surface area contributed by atoms with Gasteiger partial charge in [0.2, 0.25) is 5.91 Å². The van der Waals surface area contributed by atoms with Crippen molar-refractivity contribution >= 4 is 43.9 Å². The molecule has 4 heterocycles. The molecule has 3 aliphatic heterocycles. The van der Waals surface area contributed by atoms with Gasteiger partial charge >= 0.3 is 11.8 Å². The number of benzene rings is 2. The van der Waals surface area contributed by atoms with E-state index in [0.717, 1.165) is 59.1 Å². The number of H-pyrrole nitrogens is 1. The molecule has 3 saturated heterocycles. The van der Waals surface area contributed by atoms with Crippen molar-refractivity contribution in [3.63, 3.8) is 0 Å². The summed E-state index contributed by atoms with van der Waals surface area (Å²) < 4.78 is 3.23. The fraction of sp³-hybridized carbons (Fsp3) is 0.515. The topological polar surface area (TPSA) is 118 Å². The van der Waals surface area contributed by atoms with Crippen LogP contribution in [0.3, 0.4) is 0 Å². The number of nitrogens with one attached hydrogen (secondary N) is 1. The number of carboxylic acid groups (broad SMARTS) is 1. The van der Waals surface area contributed by atoms with Gasteiger partial charge in [0.05, 0.1) is 12.0 Å². The van der Waals surface area contributed by atoms with Crippen molar-refractivity contribution in [3.8, 4) is 11.4 Å². The van der Waals surface area contributed by atoms with E-state index in [2.05, 4.69) is 58.8 Å². The second kappa shape index (κ2) is 14.4. The number of carbonyl (C=O) groups is 2. The lowest BCUT2D eigenvalue weighted by Crippen LogP contribution is -2.58. The Morgan fingerprint density at radius 1 is 0.935 bits per heavy atom. The van der Waals surface area contributed by atoms with Gasteiger partial charge in [-0.25, -0.2) is 14.3 Å². The molecule has 3 aliphatic rings. The molecule has 3 aromatic rings. The summed E-state index contributed by atoms with van der Waals surface area (Å²) in [5, 5.41) is 15.0. The number of carbonyl (C=O) groups excluding carboxylic acids is 1. The zero-order valence-corrected chi connectivity index (χ0v) is 29.2. The van der Waals surface area contributed by atoms with Gasteiger partial charge in [-0.15, -0.1) is 5.10 Å². The van der Waals surface area contributed by atoms with E-state index >= 15 is 0 Å². The number of halogens is 2. The van der Waals surface area contributed by atoms with Crippen LogP contribution < -0.4 is 5.69 Å². The number of likely N-dealkylation sites (tertiary alicyclic amines) is 2. The highest BCUT2D eigenvalue weighted by atomic mass is 79.9. The minimum Gasteiger partial charge on any atom is -0.465 e. The normalized spacial score (nSPS) is 22.6. The smallest absolute Gasteiger partial charge is 0.407 e. The second-order valence-corrected chi connectivity index (χ2v) is 14.5. The van der Waals surface area contributed by atoms with Crippen LogP contribution in [0.25, 0.3) is 11.4 Å². The van der Waals surface area contributed by atoms with Crippen molar-refractivity contribution in [1.82, 2.24) is 34.4 Å². The minimum atomic E-state index is -1.05. The molecule has 11 nitrogen and oxygen atoms in total. The average Bonchev–Trinajstić information content (AvgIpc) is 3.47. The van der Waals surface area contributed by atoms with E-state index in [1.807, 2.05) is 53.4 Å². The molecule has 246 valence electrons. The average molecular weight is 760 g/mol. The van der Waals surface area contributed by atoms with E-state index < -0.39 is 18.1 Å². The van der Waals surface area contributed by atoms with Crippen molar-refractivity contribution in [3.05, 3.63) is 73.5 Å². The van der Waals surface area contributed by atoms with E-state index in [0.29, 0.717) is 44.2 Å². The molecule has 13 heteroatoms. The number of hydrogen-bond acceptors (Lipinski definition) is 6. The standard InChI is InChI=1S/C33H41Br2N7O4/c1-38-12-9-24(10-13-38)39-15-17-40(18-16-39)31(43)26(19-22-7-8-27(34)28(35)20-22)29-21-25(11-14-41(29)33(45)46)42-32(44)36-30(37-42)23-5-3-2-4-6-23/h2-8,20,24-26,29H,9-19,21H2,1H3,(H,45,46)(H,36,37,44)/t25?,26?,29-/m1/s1. The van der Waals surface area contributed by atoms with Crippen LogP contribution in [0.2, 0.25) is 0 Å². The summed E-state index contributed by atoms with van der Waals surface area (Å²) in [5.74, 6) is -0.180. The third-order valence-electron chi connectivity index (χ3n) is 9.95. The van der Waals surface area contributed by atoms with E-state index in [1.54, 1.807) is 0 Å². The lowest BCUT2D eigenvalue weighted by Gasteiger charge is -2.45. The Kier molecular flexibility index (Phi) is 10.3. The van der Waals surface area contributed by atoms with Gasteiger partial charge in [0.1, 0.15) is 0 Å². The Morgan fingerprint density at radius 3 is 2.30 bits per heavy atom. The maximum atomic E-state index is 14.5. The largest absolute Gasteiger partial charge is 0.465 e. The van der Waals surface area contributed by atoms with Gasteiger partial charge < -0.3 is 19.8 Å². The molecule has 0 saturated carbocycles. The van der Waals surface area contributed by atoms with Crippen LogP contribution in [0.5, 0.6) is 0 Å². The number of amides is 2. The predicted molar refractivity (Wildman–Crippen MR) is 183 cm³/mol.